The van der Waals surface area contributed by atoms with Crippen LogP contribution in [0.1, 0.15) is 11.1 Å². The van der Waals surface area contributed by atoms with E-state index in [1.807, 2.05) is 0 Å². The zero-order valence-corrected chi connectivity index (χ0v) is 13.7. The molecule has 0 fully saturated rings. The Labute approximate surface area is 151 Å². The van der Waals surface area contributed by atoms with Gasteiger partial charge in [0.1, 0.15) is 5.69 Å². The lowest BCUT2D eigenvalue weighted by Gasteiger charge is -2.13. The molecular weight excluding hydrogens is 398 g/mol. The summed E-state index contributed by atoms with van der Waals surface area (Å²) in [5.74, 6) is -0.857. The van der Waals surface area contributed by atoms with E-state index in [1.165, 1.54) is 11.6 Å². The molecule has 0 radical (unpaired) electrons. The molecule has 3 rings (SSSR count). The molecule has 2 aromatic heterocycles. The van der Waals surface area contributed by atoms with Gasteiger partial charge in [-0.3, -0.25) is 4.57 Å². The molecule has 148 valence electrons. The maximum atomic E-state index is 13.0. The third kappa shape index (κ3) is 3.52. The fraction of sp³-hybridized carbons (Fsp3) is 0.214. The Morgan fingerprint density at radius 1 is 1.04 bits per heavy atom. The zero-order chi connectivity index (χ0) is 20.9. The van der Waals surface area contributed by atoms with Gasteiger partial charge in [0, 0.05) is 12.6 Å². The molecule has 28 heavy (non-hydrogen) atoms. The Morgan fingerprint density at radius 3 is 2.11 bits per heavy atom. The van der Waals surface area contributed by atoms with Crippen LogP contribution < -0.4 is 0 Å². The highest BCUT2D eigenvalue weighted by atomic mass is 19.4. The van der Waals surface area contributed by atoms with Crippen LogP contribution >= 0.6 is 0 Å². The van der Waals surface area contributed by atoms with Crippen LogP contribution in [-0.4, -0.2) is 29.5 Å². The van der Waals surface area contributed by atoms with Crippen LogP contribution in [-0.2, 0) is 19.4 Å². The van der Waals surface area contributed by atoms with Crippen LogP contribution in [0.25, 0.3) is 17.1 Å². The van der Waals surface area contributed by atoms with Crippen molar-refractivity contribution >= 4 is 5.82 Å². The molecule has 0 unspecified atom stereocenters. The average Bonchev–Trinajstić information content (AvgIpc) is 3.19. The summed E-state index contributed by atoms with van der Waals surface area (Å²) in [6.07, 6.45) is -8.06. The van der Waals surface area contributed by atoms with Gasteiger partial charge in [0.2, 0.25) is 6.33 Å². The second kappa shape index (κ2) is 6.31. The number of imidazole rings is 1. The highest BCUT2D eigenvalue weighted by Gasteiger charge is 2.37. The lowest BCUT2D eigenvalue weighted by Crippen LogP contribution is -2.11. The summed E-state index contributed by atoms with van der Waals surface area (Å²) in [5.41, 5.74) is -3.87. The van der Waals surface area contributed by atoms with Crippen LogP contribution in [0.15, 0.2) is 30.7 Å². The third-order valence-electron chi connectivity index (χ3n) is 3.62. The number of alkyl halides is 6. The summed E-state index contributed by atoms with van der Waals surface area (Å²) in [5, 5.41) is 18.5. The number of hydrogen-bond acceptors (Lipinski definition) is 5. The SMILES string of the molecule is Cn1cnc([N+](=O)[O-])c1-n1ncc(-c2cc(C(F)(F)F)cc(C(F)(F)F)c2)n1. The maximum Gasteiger partial charge on any atom is 0.416 e. The zero-order valence-electron chi connectivity index (χ0n) is 13.7. The number of aromatic nitrogens is 5. The summed E-state index contributed by atoms with van der Waals surface area (Å²) in [6, 6.07) is 0.961. The average molecular weight is 406 g/mol. The number of nitrogens with zero attached hydrogens (tertiary/aromatic N) is 6. The molecule has 0 aliphatic heterocycles. The summed E-state index contributed by atoms with van der Waals surface area (Å²) >= 11 is 0. The number of halogens is 6. The molecule has 0 aliphatic carbocycles. The van der Waals surface area contributed by atoms with Crippen molar-refractivity contribution in [3.05, 3.63) is 52.0 Å². The molecule has 0 saturated carbocycles. The lowest BCUT2D eigenvalue weighted by molar-refractivity contribution is -0.389. The van der Waals surface area contributed by atoms with Crippen molar-refractivity contribution in [3.8, 4) is 17.1 Å². The second-order valence-corrected chi connectivity index (χ2v) is 5.57. The van der Waals surface area contributed by atoms with E-state index in [0.717, 1.165) is 12.5 Å². The first kappa shape index (κ1) is 19.3. The third-order valence-corrected chi connectivity index (χ3v) is 3.62. The van der Waals surface area contributed by atoms with E-state index in [2.05, 4.69) is 15.2 Å². The molecule has 0 N–H and O–H groups in total. The van der Waals surface area contributed by atoms with Gasteiger partial charge in [-0.1, -0.05) is 0 Å². The van der Waals surface area contributed by atoms with E-state index >= 15 is 0 Å². The first-order valence-corrected chi connectivity index (χ1v) is 7.26. The topological polar surface area (TPSA) is 91.7 Å². The number of benzene rings is 1. The number of aryl methyl sites for hydroxylation is 1. The predicted molar refractivity (Wildman–Crippen MR) is 80.2 cm³/mol. The van der Waals surface area contributed by atoms with E-state index in [0.29, 0.717) is 16.9 Å². The van der Waals surface area contributed by atoms with Crippen molar-refractivity contribution in [2.75, 3.05) is 0 Å². The van der Waals surface area contributed by atoms with Gasteiger partial charge in [0.25, 0.3) is 5.82 Å². The fourth-order valence-corrected chi connectivity index (χ4v) is 2.37. The molecule has 0 atom stereocenters. The molecule has 0 spiro atoms. The minimum Gasteiger partial charge on any atom is -0.358 e. The van der Waals surface area contributed by atoms with Gasteiger partial charge in [-0.2, -0.15) is 31.4 Å². The van der Waals surface area contributed by atoms with Gasteiger partial charge in [0.15, 0.2) is 0 Å². The van der Waals surface area contributed by atoms with Gasteiger partial charge >= 0.3 is 18.2 Å². The van der Waals surface area contributed by atoms with E-state index in [-0.39, 0.29) is 17.6 Å². The van der Waals surface area contributed by atoms with Gasteiger partial charge in [-0.15, -0.1) is 9.90 Å². The van der Waals surface area contributed by atoms with E-state index < -0.39 is 39.8 Å². The lowest BCUT2D eigenvalue weighted by atomic mass is 10.0. The van der Waals surface area contributed by atoms with Crippen molar-refractivity contribution in [2.45, 2.75) is 12.4 Å². The smallest absolute Gasteiger partial charge is 0.358 e. The van der Waals surface area contributed by atoms with Gasteiger partial charge in [-0.05, 0) is 28.1 Å². The fourth-order valence-electron chi connectivity index (χ4n) is 2.37. The van der Waals surface area contributed by atoms with Crippen molar-refractivity contribution in [1.82, 2.24) is 24.5 Å². The van der Waals surface area contributed by atoms with Crippen molar-refractivity contribution in [2.24, 2.45) is 7.05 Å². The molecule has 2 heterocycles. The van der Waals surface area contributed by atoms with E-state index in [4.69, 9.17) is 0 Å². The Hall–Kier alpha value is -3.45. The van der Waals surface area contributed by atoms with Crippen molar-refractivity contribution < 1.29 is 31.3 Å². The molecule has 8 nitrogen and oxygen atoms in total. The summed E-state index contributed by atoms with van der Waals surface area (Å²) in [6.45, 7) is 0. The van der Waals surface area contributed by atoms with Gasteiger partial charge < -0.3 is 10.1 Å². The highest BCUT2D eigenvalue weighted by molar-refractivity contribution is 5.61. The molecule has 0 saturated heterocycles. The first-order chi connectivity index (χ1) is 12.9. The monoisotopic (exact) mass is 406 g/mol. The van der Waals surface area contributed by atoms with Crippen molar-refractivity contribution in [1.29, 1.82) is 0 Å². The standard InChI is InChI=1S/C14H8F6N6O2/c1-24-6-21-11(26(27)28)12(24)25-22-5-10(23-25)7-2-8(13(15,16)17)4-9(3-7)14(18,19)20/h2-6H,1H3. The number of nitro groups is 1. The van der Waals surface area contributed by atoms with E-state index in [9.17, 15) is 36.5 Å². The Bertz CT molecular complexity index is 1020. The molecular formula is C14H8F6N6O2. The van der Waals surface area contributed by atoms with Gasteiger partial charge in [0.05, 0.1) is 17.3 Å². The molecule has 3 aromatic rings. The molecule has 1 aromatic carbocycles. The number of rotatable bonds is 3. The maximum absolute atomic E-state index is 13.0. The highest BCUT2D eigenvalue weighted by Crippen LogP contribution is 2.38. The van der Waals surface area contributed by atoms with Crippen LogP contribution in [0.5, 0.6) is 0 Å². The summed E-state index contributed by atoms with van der Waals surface area (Å²) < 4.78 is 79.1. The van der Waals surface area contributed by atoms with Crippen LogP contribution in [0.3, 0.4) is 0 Å². The minimum atomic E-state index is -5.02. The molecule has 14 heteroatoms. The van der Waals surface area contributed by atoms with Crippen LogP contribution in [0, 0.1) is 10.1 Å². The Kier molecular flexibility index (Phi) is 4.36. The van der Waals surface area contributed by atoms with Crippen LogP contribution in [0.4, 0.5) is 32.2 Å². The quantitative estimate of drug-likeness (QED) is 0.377. The second-order valence-electron chi connectivity index (χ2n) is 5.57. The summed E-state index contributed by atoms with van der Waals surface area (Å²) in [7, 11) is 1.38. The largest absolute Gasteiger partial charge is 0.416 e. The molecule has 0 amide bonds. The normalized spacial score (nSPS) is 12.4. The van der Waals surface area contributed by atoms with Crippen molar-refractivity contribution in [3.63, 3.8) is 0 Å². The Balaban J connectivity index is 2.14. The number of hydrogen-bond donors (Lipinski definition) is 0. The van der Waals surface area contributed by atoms with Crippen LogP contribution in [0.2, 0.25) is 0 Å². The Morgan fingerprint density at radius 2 is 1.61 bits per heavy atom. The van der Waals surface area contributed by atoms with Gasteiger partial charge in [-0.25, -0.2) is 0 Å². The molecule has 0 bridgehead atoms. The van der Waals surface area contributed by atoms with E-state index in [1.54, 1.807) is 0 Å². The molecule has 0 aliphatic rings. The predicted octanol–water partition coefficient (Wildman–Crippen LogP) is 3.61. The summed E-state index contributed by atoms with van der Waals surface area (Å²) in [4.78, 5) is 14.4. The minimum absolute atomic E-state index is 0.0140. The first-order valence-electron chi connectivity index (χ1n) is 7.26.